The second-order valence-electron chi connectivity index (χ2n) is 1.22. The van der Waals surface area contributed by atoms with E-state index in [1.165, 1.54) is 0 Å². The van der Waals surface area contributed by atoms with E-state index < -0.39 is 5.09 Å². The Bertz CT molecular complexity index is 73.7. The van der Waals surface area contributed by atoms with Gasteiger partial charge < -0.3 is 4.84 Å². The molecule has 0 aliphatic rings. The van der Waals surface area contributed by atoms with Gasteiger partial charge >= 0.3 is 0 Å². The Morgan fingerprint density at radius 3 is 2.88 bits per heavy atom. The summed E-state index contributed by atoms with van der Waals surface area (Å²) in [6.45, 7) is 1.99. The Kier molecular flexibility index (Phi) is 3.93. The molecule has 4 nitrogen and oxygen atoms in total. The molecule has 0 heterocycles. The summed E-state index contributed by atoms with van der Waals surface area (Å²) in [5.41, 5.74) is 0. The minimum Gasteiger partial charge on any atom is -0.314 e. The first-order chi connectivity index (χ1) is 3.77. The van der Waals surface area contributed by atoms with Gasteiger partial charge in [-0.05, 0) is 6.42 Å². The highest BCUT2D eigenvalue weighted by Crippen LogP contribution is 1.84. The lowest BCUT2D eigenvalue weighted by atomic mass is 10.4. The van der Waals surface area contributed by atoms with Crippen molar-refractivity contribution in [2.24, 2.45) is 0 Å². The van der Waals surface area contributed by atoms with Crippen molar-refractivity contribution in [1.29, 1.82) is 0 Å². The van der Waals surface area contributed by atoms with Crippen molar-refractivity contribution in [2.75, 3.05) is 6.61 Å². The summed E-state index contributed by atoms with van der Waals surface area (Å²) in [6, 6.07) is 0. The van der Waals surface area contributed by atoms with E-state index in [4.69, 9.17) is 0 Å². The monoisotopic (exact) mass is 118 g/mol. The molecular weight excluding hydrogens is 110 g/mol. The number of hydrogen-bond donors (Lipinski definition) is 0. The van der Waals surface area contributed by atoms with E-state index in [1.807, 2.05) is 6.92 Å². The molecule has 0 fully saturated rings. The first-order valence-electron chi connectivity index (χ1n) is 2.36. The minimum atomic E-state index is -0.799. The van der Waals surface area contributed by atoms with E-state index in [0.717, 1.165) is 6.42 Å². The summed E-state index contributed by atoms with van der Waals surface area (Å²) in [5, 5.41) is 8.64. The zero-order chi connectivity index (χ0) is 6.41. The maximum absolute atomic E-state index is 9.44. The average Bonchev–Trinajstić information content (AvgIpc) is 1.66. The van der Waals surface area contributed by atoms with Crippen LogP contribution in [0.3, 0.4) is 0 Å². The molecule has 0 rings (SSSR count). The maximum atomic E-state index is 9.44. The number of nitrogens with zero attached hydrogens (tertiary/aromatic N) is 1. The Hall–Kier alpha value is -0.800. The molecule has 8 heavy (non-hydrogen) atoms. The second kappa shape index (κ2) is 4.36. The van der Waals surface area contributed by atoms with Gasteiger partial charge in [0.15, 0.2) is 0 Å². The van der Waals surface area contributed by atoms with Gasteiger partial charge in [0.2, 0.25) is 0 Å². The summed E-state index contributed by atoms with van der Waals surface area (Å²) in [5.74, 6) is 0. The van der Waals surface area contributed by atoms with Crippen LogP contribution in [0.4, 0.5) is 0 Å². The highest BCUT2D eigenvalue weighted by molar-refractivity contribution is 4.56. The zero-order valence-corrected chi connectivity index (χ0v) is 4.66. The summed E-state index contributed by atoms with van der Waals surface area (Å²) in [4.78, 5) is 13.4. The molecule has 47 valence electrons. The lowest BCUT2D eigenvalue weighted by Gasteiger charge is -1.91. The van der Waals surface area contributed by atoms with E-state index in [9.17, 15) is 10.1 Å². The van der Waals surface area contributed by atoms with Gasteiger partial charge in [-0.1, -0.05) is 13.3 Å². The van der Waals surface area contributed by atoms with Gasteiger partial charge in [0.05, 0.1) is 6.61 Å². The van der Waals surface area contributed by atoms with Gasteiger partial charge in [-0.2, -0.15) is 0 Å². The van der Waals surface area contributed by atoms with Crippen molar-refractivity contribution in [3.8, 4) is 0 Å². The Morgan fingerprint density at radius 2 is 2.50 bits per heavy atom. The number of unbranched alkanes of at least 4 members (excludes halogenated alkanes) is 1. The fraction of sp³-hybridized carbons (Fsp3) is 0.750. The molecule has 4 heteroatoms. The average molecular weight is 118 g/mol. The molecule has 0 bridgehead atoms. The van der Waals surface area contributed by atoms with E-state index in [2.05, 4.69) is 4.84 Å². The second-order valence-corrected chi connectivity index (χ2v) is 1.22. The summed E-state index contributed by atoms with van der Waals surface area (Å²) in [7, 11) is 0. The zero-order valence-electron chi connectivity index (χ0n) is 4.66. The Labute approximate surface area is 47.6 Å². The van der Waals surface area contributed by atoms with Gasteiger partial charge in [0.1, 0.15) is 0 Å². The van der Waals surface area contributed by atoms with Crippen LogP contribution in [-0.2, 0) is 4.84 Å². The smallest absolute Gasteiger partial charge is 0.294 e. The third kappa shape index (κ3) is 5.20. The molecule has 0 unspecified atom stereocenters. The van der Waals surface area contributed by atoms with E-state index in [-0.39, 0.29) is 6.61 Å². The molecule has 0 aliphatic carbocycles. The van der Waals surface area contributed by atoms with Crippen molar-refractivity contribution >= 4 is 0 Å². The van der Waals surface area contributed by atoms with Gasteiger partial charge in [0, 0.05) is 0 Å². The molecule has 0 atom stereocenters. The fourth-order valence-electron chi connectivity index (χ4n) is 0.231. The van der Waals surface area contributed by atoms with E-state index in [1.54, 1.807) is 6.42 Å². The van der Waals surface area contributed by atoms with Crippen molar-refractivity contribution in [2.45, 2.75) is 13.3 Å². The van der Waals surface area contributed by atoms with Crippen LogP contribution in [0.25, 0.3) is 0 Å². The van der Waals surface area contributed by atoms with Crippen LogP contribution in [0, 0.1) is 16.5 Å². The molecule has 0 aromatic carbocycles. The molecule has 0 spiro atoms. The van der Waals surface area contributed by atoms with Crippen molar-refractivity contribution in [1.82, 2.24) is 0 Å². The van der Waals surface area contributed by atoms with Crippen molar-refractivity contribution < 1.29 is 9.92 Å². The molecule has 0 aromatic heterocycles. The van der Waals surface area contributed by atoms with Gasteiger partial charge in [0.25, 0.3) is 5.09 Å². The van der Waals surface area contributed by atoms with Crippen LogP contribution >= 0.6 is 0 Å². The van der Waals surface area contributed by atoms with E-state index >= 15 is 0 Å². The van der Waals surface area contributed by atoms with Crippen molar-refractivity contribution in [3.05, 3.63) is 16.5 Å². The molecule has 0 aliphatic heterocycles. The van der Waals surface area contributed by atoms with E-state index in [0.29, 0.717) is 0 Å². The van der Waals surface area contributed by atoms with Crippen molar-refractivity contribution in [3.63, 3.8) is 0 Å². The summed E-state index contributed by atoms with van der Waals surface area (Å²) in [6.07, 6.45) is 2.48. The molecule has 0 N–H and O–H groups in total. The summed E-state index contributed by atoms with van der Waals surface area (Å²) >= 11 is 0. The normalized spacial score (nSPS) is 8.62. The highest BCUT2D eigenvalue weighted by Gasteiger charge is 1.90. The summed E-state index contributed by atoms with van der Waals surface area (Å²) < 4.78 is 0. The maximum Gasteiger partial charge on any atom is 0.294 e. The topological polar surface area (TPSA) is 52.4 Å². The third-order valence-corrected chi connectivity index (χ3v) is 0.586. The molecule has 0 saturated carbocycles. The first-order valence-corrected chi connectivity index (χ1v) is 2.36. The molecule has 1 radical (unpaired) electrons. The van der Waals surface area contributed by atoms with Crippen LogP contribution in [0.1, 0.15) is 13.3 Å². The molecule has 0 amide bonds. The quantitative estimate of drug-likeness (QED) is 0.312. The Morgan fingerprint density at radius 1 is 1.88 bits per heavy atom. The molecule has 0 saturated heterocycles. The third-order valence-electron chi connectivity index (χ3n) is 0.586. The number of rotatable bonds is 4. The molecular formula is C4H8NO3. The van der Waals surface area contributed by atoms with Crippen LogP contribution in [0.5, 0.6) is 0 Å². The van der Waals surface area contributed by atoms with Crippen LogP contribution in [0.15, 0.2) is 0 Å². The SMILES string of the molecule is CC[CH]CO[N+](=O)[O-]. The minimum absolute atomic E-state index is 0.101. The Balaban J connectivity index is 2.82. The van der Waals surface area contributed by atoms with Gasteiger partial charge in [-0.25, -0.2) is 0 Å². The highest BCUT2D eigenvalue weighted by atomic mass is 16.9. The number of hydrogen-bond acceptors (Lipinski definition) is 3. The van der Waals surface area contributed by atoms with Gasteiger partial charge in [-0.15, -0.1) is 10.1 Å². The predicted octanol–water partition coefficient (Wildman–Crippen LogP) is 0.809. The van der Waals surface area contributed by atoms with Crippen LogP contribution in [0.2, 0.25) is 0 Å². The first kappa shape index (κ1) is 7.20. The standard InChI is InChI=1S/C4H8NO3/c1-2-3-4-8-5(6)7/h3H,2,4H2,1H3. The lowest BCUT2D eigenvalue weighted by molar-refractivity contribution is -0.756. The predicted molar refractivity (Wildman–Crippen MR) is 27.5 cm³/mol. The van der Waals surface area contributed by atoms with Crippen LogP contribution in [-0.4, -0.2) is 11.7 Å². The molecule has 0 aromatic rings. The fourth-order valence-corrected chi connectivity index (χ4v) is 0.231. The van der Waals surface area contributed by atoms with Crippen LogP contribution < -0.4 is 0 Å². The largest absolute Gasteiger partial charge is 0.314 e. The van der Waals surface area contributed by atoms with Gasteiger partial charge in [-0.3, -0.25) is 0 Å². The lowest BCUT2D eigenvalue weighted by Crippen LogP contribution is -2.01.